The topological polar surface area (TPSA) is 12.4 Å². The molecule has 0 radical (unpaired) electrons. The molecule has 0 amide bonds. The molecular formula is C7H10IN. The van der Waals surface area contributed by atoms with Gasteiger partial charge in [0.25, 0.3) is 0 Å². The molecule has 0 aromatic heterocycles. The van der Waals surface area contributed by atoms with Gasteiger partial charge in [0, 0.05) is 27.2 Å². The zero-order valence-corrected chi connectivity index (χ0v) is 7.79. The van der Waals surface area contributed by atoms with E-state index in [1.165, 1.54) is 5.57 Å². The summed E-state index contributed by atoms with van der Waals surface area (Å²) in [6, 6.07) is 0. The fourth-order valence-corrected chi connectivity index (χ4v) is 1.85. The molecule has 0 aromatic rings. The van der Waals surface area contributed by atoms with Gasteiger partial charge >= 0.3 is 0 Å². The van der Waals surface area contributed by atoms with Gasteiger partial charge in [-0.15, -0.1) is 0 Å². The number of halogens is 1. The Morgan fingerprint density at radius 2 is 2.33 bits per heavy atom. The van der Waals surface area contributed by atoms with Gasteiger partial charge in [0.05, 0.1) is 0 Å². The molecule has 0 aliphatic carbocycles. The van der Waals surface area contributed by atoms with E-state index in [-0.39, 0.29) is 21.0 Å². The molecule has 1 aliphatic rings. The Labute approximate surface area is 66.0 Å². The summed E-state index contributed by atoms with van der Waals surface area (Å²) in [5.41, 5.74) is 1.36. The molecule has 1 heterocycles. The van der Waals surface area contributed by atoms with Crippen LogP contribution in [0.2, 0.25) is 0 Å². The van der Waals surface area contributed by atoms with Gasteiger partial charge in [-0.25, -0.2) is 3.15 Å². The monoisotopic (exact) mass is 235 g/mol. The SMILES string of the molecule is CC(C)C1=CN=IC=C1. The first-order valence-electron chi connectivity index (χ1n) is 3.00. The highest BCUT2D eigenvalue weighted by Gasteiger charge is 1.98. The lowest BCUT2D eigenvalue weighted by Crippen LogP contribution is -1.89. The zero-order valence-electron chi connectivity index (χ0n) is 5.63. The fraction of sp³-hybridized carbons (Fsp3) is 0.429. The first-order chi connectivity index (χ1) is 4.30. The summed E-state index contributed by atoms with van der Waals surface area (Å²) in [6.07, 6.45) is 4.21. The molecule has 1 nitrogen and oxygen atoms in total. The van der Waals surface area contributed by atoms with Crippen LogP contribution in [0.25, 0.3) is 0 Å². The second-order valence-electron chi connectivity index (χ2n) is 2.27. The average molecular weight is 235 g/mol. The first kappa shape index (κ1) is 7.12. The highest BCUT2D eigenvalue weighted by atomic mass is 127. The van der Waals surface area contributed by atoms with E-state index in [0.29, 0.717) is 5.92 Å². The quantitative estimate of drug-likeness (QED) is 0.619. The van der Waals surface area contributed by atoms with Crippen LogP contribution in [0.1, 0.15) is 13.8 Å². The lowest BCUT2D eigenvalue weighted by Gasteiger charge is -2.04. The van der Waals surface area contributed by atoms with Crippen LogP contribution in [0.3, 0.4) is 0 Å². The van der Waals surface area contributed by atoms with Crippen LogP contribution in [0.5, 0.6) is 0 Å². The number of hydrogen-bond acceptors (Lipinski definition) is 1. The van der Waals surface area contributed by atoms with E-state index in [2.05, 4.69) is 27.2 Å². The Bertz CT molecular complexity index is 177. The van der Waals surface area contributed by atoms with Crippen LogP contribution in [0.4, 0.5) is 0 Å². The summed E-state index contributed by atoms with van der Waals surface area (Å²) >= 11 is 0.0300. The minimum absolute atomic E-state index is 0.0300. The highest BCUT2D eigenvalue weighted by Crippen LogP contribution is 2.19. The smallest absolute Gasteiger partial charge is 0.0364 e. The van der Waals surface area contributed by atoms with Crippen molar-refractivity contribution in [2.24, 2.45) is 9.06 Å². The van der Waals surface area contributed by atoms with Crippen LogP contribution in [0, 0.1) is 5.92 Å². The maximum absolute atomic E-state index is 4.24. The minimum Gasteiger partial charge on any atom is -0.230 e. The average Bonchev–Trinajstić information content (AvgIpc) is 1.90. The van der Waals surface area contributed by atoms with Crippen molar-refractivity contribution in [3.05, 3.63) is 21.9 Å². The molecule has 0 atom stereocenters. The Morgan fingerprint density at radius 3 is 2.67 bits per heavy atom. The number of rotatable bonds is 1. The molecule has 0 fully saturated rings. The van der Waals surface area contributed by atoms with Gasteiger partial charge in [-0.2, -0.15) is 0 Å². The number of nitrogens with zero attached hydrogens (tertiary/aromatic N) is 1. The Morgan fingerprint density at radius 1 is 1.56 bits per heavy atom. The third-order valence-corrected chi connectivity index (χ3v) is 2.51. The van der Waals surface area contributed by atoms with E-state index in [4.69, 9.17) is 0 Å². The van der Waals surface area contributed by atoms with Crippen molar-refractivity contribution < 1.29 is 0 Å². The molecule has 0 spiro atoms. The van der Waals surface area contributed by atoms with E-state index < -0.39 is 0 Å². The van der Waals surface area contributed by atoms with E-state index in [9.17, 15) is 0 Å². The van der Waals surface area contributed by atoms with E-state index in [1.807, 2.05) is 6.20 Å². The van der Waals surface area contributed by atoms with Crippen LogP contribution in [-0.4, -0.2) is 0 Å². The molecular weight excluding hydrogens is 225 g/mol. The number of hydrogen-bond donors (Lipinski definition) is 0. The molecule has 0 aromatic carbocycles. The van der Waals surface area contributed by atoms with Crippen LogP contribution >= 0.6 is 21.0 Å². The van der Waals surface area contributed by atoms with E-state index in [0.717, 1.165) is 0 Å². The lowest BCUT2D eigenvalue weighted by molar-refractivity contribution is 0.789. The molecule has 1 rings (SSSR count). The Kier molecular flexibility index (Phi) is 2.57. The summed E-state index contributed by atoms with van der Waals surface area (Å²) in [7, 11) is 0. The summed E-state index contributed by atoms with van der Waals surface area (Å²) in [5.74, 6) is 0.634. The first-order valence-corrected chi connectivity index (χ1v) is 5.21. The predicted molar refractivity (Wildman–Crippen MR) is 48.5 cm³/mol. The molecule has 9 heavy (non-hydrogen) atoms. The number of allylic oxidation sites excluding steroid dienone is 2. The van der Waals surface area contributed by atoms with Gasteiger partial charge in [-0.05, 0) is 15.6 Å². The van der Waals surface area contributed by atoms with Gasteiger partial charge in [0.1, 0.15) is 0 Å². The van der Waals surface area contributed by atoms with Crippen molar-refractivity contribution in [1.82, 2.24) is 0 Å². The van der Waals surface area contributed by atoms with Crippen molar-refractivity contribution in [3.8, 4) is 0 Å². The van der Waals surface area contributed by atoms with Crippen molar-refractivity contribution >= 4 is 21.0 Å². The third kappa shape index (κ3) is 2.01. The summed E-state index contributed by atoms with van der Waals surface area (Å²) in [6.45, 7) is 4.38. The second-order valence-corrected chi connectivity index (χ2v) is 4.10. The molecule has 0 saturated carbocycles. The molecule has 50 valence electrons. The predicted octanol–water partition coefficient (Wildman–Crippen LogP) is 3.21. The van der Waals surface area contributed by atoms with E-state index in [1.54, 1.807) is 0 Å². The van der Waals surface area contributed by atoms with Crippen molar-refractivity contribution in [2.75, 3.05) is 0 Å². The zero-order chi connectivity index (χ0) is 6.69. The van der Waals surface area contributed by atoms with Crippen molar-refractivity contribution in [3.63, 3.8) is 0 Å². The third-order valence-electron chi connectivity index (χ3n) is 1.23. The normalized spacial score (nSPS) is 17.4. The molecule has 0 bridgehead atoms. The van der Waals surface area contributed by atoms with Gasteiger partial charge in [-0.1, -0.05) is 19.9 Å². The van der Waals surface area contributed by atoms with Gasteiger partial charge in [0.2, 0.25) is 0 Å². The summed E-state index contributed by atoms with van der Waals surface area (Å²) in [4.78, 5) is 0. The molecule has 2 heteroatoms. The van der Waals surface area contributed by atoms with Crippen molar-refractivity contribution in [1.29, 1.82) is 0 Å². The molecule has 0 N–H and O–H groups in total. The van der Waals surface area contributed by atoms with Crippen LogP contribution < -0.4 is 0 Å². The Balaban J connectivity index is 2.72. The van der Waals surface area contributed by atoms with E-state index >= 15 is 0 Å². The van der Waals surface area contributed by atoms with Gasteiger partial charge in [-0.3, -0.25) is 0 Å². The lowest BCUT2D eigenvalue weighted by atomic mass is 10.1. The summed E-state index contributed by atoms with van der Waals surface area (Å²) in [5, 5.41) is 0. The molecule has 0 unspecified atom stereocenters. The maximum atomic E-state index is 4.24. The molecule has 1 aliphatic heterocycles. The minimum atomic E-state index is 0.0300. The van der Waals surface area contributed by atoms with Gasteiger partial charge < -0.3 is 0 Å². The van der Waals surface area contributed by atoms with Crippen LogP contribution in [-0.2, 0) is 0 Å². The van der Waals surface area contributed by atoms with Crippen molar-refractivity contribution in [2.45, 2.75) is 13.8 Å². The Hall–Kier alpha value is 0.01000. The fourth-order valence-electron chi connectivity index (χ4n) is 0.603. The maximum Gasteiger partial charge on any atom is 0.0364 e. The standard InChI is InChI=1S/C7H10IN/c1-6(2)7-3-4-8-9-5-7/h3-6H,1-2H3. The highest BCUT2D eigenvalue weighted by molar-refractivity contribution is 14.2. The summed E-state index contributed by atoms with van der Waals surface area (Å²) < 4.78 is 6.44. The largest absolute Gasteiger partial charge is 0.230 e. The van der Waals surface area contributed by atoms with Crippen LogP contribution in [0.15, 0.2) is 25.1 Å². The molecule has 0 saturated heterocycles. The second kappa shape index (κ2) is 3.25. The van der Waals surface area contributed by atoms with Gasteiger partial charge in [0.15, 0.2) is 0 Å².